The largest absolute Gasteiger partial charge is 0.335 e. The molecule has 2 aromatic rings. The zero-order valence-corrected chi connectivity index (χ0v) is 25.1. The lowest BCUT2D eigenvalue weighted by atomic mass is 9.95. The van der Waals surface area contributed by atoms with E-state index in [1.54, 1.807) is 0 Å². The number of amides is 2. The lowest BCUT2D eigenvalue weighted by molar-refractivity contribution is -0.148. The number of aryl methyl sites for hydroxylation is 4. The Hall–Kier alpha value is -2.78. The third kappa shape index (κ3) is 8.36. The van der Waals surface area contributed by atoms with Gasteiger partial charge in [-0.2, -0.15) is 0 Å². The number of nitrogens with one attached hydrogen (secondary N) is 1. The number of piperazine rings is 1. The van der Waals surface area contributed by atoms with Crippen molar-refractivity contribution in [3.8, 4) is 0 Å². The van der Waals surface area contributed by atoms with Crippen LogP contribution in [0.4, 0.5) is 0 Å². The zero-order chi connectivity index (χ0) is 29.4. The van der Waals surface area contributed by atoms with Crippen molar-refractivity contribution in [2.24, 2.45) is 17.2 Å². The molecular weight excluding hydrogens is 500 g/mol. The van der Waals surface area contributed by atoms with Gasteiger partial charge in [-0.25, -0.2) is 0 Å². The van der Waals surface area contributed by atoms with Crippen molar-refractivity contribution < 1.29 is 9.59 Å². The fourth-order valence-corrected chi connectivity index (χ4v) is 5.78. The molecule has 1 aliphatic rings. The van der Waals surface area contributed by atoms with E-state index < -0.39 is 12.1 Å². The molecule has 4 atom stereocenters. The highest BCUT2D eigenvalue weighted by Gasteiger charge is 2.39. The Bertz CT molecular complexity index is 1150. The Morgan fingerprint density at radius 2 is 1.38 bits per heavy atom. The molecule has 1 aliphatic heterocycles. The van der Waals surface area contributed by atoms with E-state index in [1.165, 1.54) is 11.1 Å². The highest BCUT2D eigenvalue weighted by molar-refractivity contribution is 5.85. The molecule has 8 nitrogen and oxygen atoms in total. The van der Waals surface area contributed by atoms with Crippen LogP contribution in [0.2, 0.25) is 0 Å². The van der Waals surface area contributed by atoms with Gasteiger partial charge >= 0.3 is 0 Å². The Labute approximate surface area is 240 Å². The molecule has 3 rings (SSSR count). The Morgan fingerprint density at radius 1 is 0.850 bits per heavy atom. The van der Waals surface area contributed by atoms with Crippen LogP contribution in [0.3, 0.4) is 0 Å². The number of hydrogen-bond donors (Lipinski definition) is 4. The molecule has 0 saturated carbocycles. The number of carbonyl (C=O) groups is 2. The van der Waals surface area contributed by atoms with Crippen LogP contribution in [0, 0.1) is 27.7 Å². The number of carbonyl (C=O) groups excluding carboxylic acids is 2. The average molecular weight is 551 g/mol. The van der Waals surface area contributed by atoms with Gasteiger partial charge in [-0.3, -0.25) is 9.59 Å². The normalized spacial score (nSPS) is 19.0. The van der Waals surface area contributed by atoms with E-state index in [9.17, 15) is 9.59 Å². The SMILES string of the molecule is Cc1ccc(CC(N)C(=O)N2CC(CCCNCCN)N(C(=O)[C@H](N)Cc3ccc(C)cc3C)C[C@H]2C)c(C)c1. The van der Waals surface area contributed by atoms with Crippen molar-refractivity contribution in [2.75, 3.05) is 32.7 Å². The molecule has 220 valence electrons. The third-order valence-electron chi connectivity index (χ3n) is 8.13. The lowest BCUT2D eigenvalue weighted by Gasteiger charge is -2.47. The van der Waals surface area contributed by atoms with Crippen molar-refractivity contribution in [3.05, 3.63) is 69.8 Å². The first-order chi connectivity index (χ1) is 19.0. The summed E-state index contributed by atoms with van der Waals surface area (Å²) in [6.07, 6.45) is 2.61. The predicted octanol–water partition coefficient (Wildman–Crippen LogP) is 2.12. The number of nitrogens with two attached hydrogens (primary N) is 3. The van der Waals surface area contributed by atoms with E-state index in [2.05, 4.69) is 69.4 Å². The molecule has 1 saturated heterocycles. The summed E-state index contributed by atoms with van der Waals surface area (Å²) in [6.45, 7) is 13.3. The average Bonchev–Trinajstić information content (AvgIpc) is 2.91. The fourth-order valence-electron chi connectivity index (χ4n) is 5.78. The number of benzene rings is 2. The topological polar surface area (TPSA) is 131 Å². The molecular formula is C32H50N6O2. The van der Waals surface area contributed by atoms with Gasteiger partial charge in [0.05, 0.1) is 12.1 Å². The first-order valence-corrected chi connectivity index (χ1v) is 14.7. The summed E-state index contributed by atoms with van der Waals surface area (Å²) in [6, 6.07) is 10.9. The van der Waals surface area contributed by atoms with Gasteiger partial charge in [0, 0.05) is 38.3 Å². The minimum absolute atomic E-state index is 0.0570. The second-order valence-electron chi connectivity index (χ2n) is 11.6. The minimum Gasteiger partial charge on any atom is -0.335 e. The molecule has 0 radical (unpaired) electrons. The molecule has 0 aliphatic carbocycles. The van der Waals surface area contributed by atoms with Crippen LogP contribution in [0.15, 0.2) is 36.4 Å². The van der Waals surface area contributed by atoms with Gasteiger partial charge in [-0.1, -0.05) is 47.5 Å². The van der Waals surface area contributed by atoms with Crippen LogP contribution < -0.4 is 22.5 Å². The van der Waals surface area contributed by atoms with Gasteiger partial charge in [0.2, 0.25) is 11.8 Å². The van der Waals surface area contributed by atoms with E-state index in [4.69, 9.17) is 17.2 Å². The smallest absolute Gasteiger partial charge is 0.240 e. The van der Waals surface area contributed by atoms with Crippen LogP contribution in [-0.2, 0) is 22.4 Å². The molecule has 1 fully saturated rings. The van der Waals surface area contributed by atoms with Gasteiger partial charge in [0.1, 0.15) is 0 Å². The zero-order valence-electron chi connectivity index (χ0n) is 25.1. The molecule has 2 amide bonds. The number of hydrogen-bond acceptors (Lipinski definition) is 6. The standard InChI is InChI=1S/C32H50N6O2/c1-21-8-10-26(23(3)15-21)17-29(34)31(39)37-20-28(7-6-13-36-14-12-33)38(19-25(37)5)32(40)30(35)18-27-11-9-22(2)16-24(27)4/h8-11,15-16,25,28-30,36H,6-7,12-14,17-20,33-35H2,1-5H3/t25-,28?,29?,30-/m1/s1. The van der Waals surface area contributed by atoms with E-state index in [0.717, 1.165) is 48.2 Å². The van der Waals surface area contributed by atoms with Crippen molar-refractivity contribution in [2.45, 2.75) is 84.5 Å². The number of nitrogens with zero attached hydrogens (tertiary/aromatic N) is 2. The molecule has 8 heteroatoms. The fraction of sp³-hybridized carbons (Fsp3) is 0.562. The summed E-state index contributed by atoms with van der Waals surface area (Å²) < 4.78 is 0. The highest BCUT2D eigenvalue weighted by atomic mass is 16.2. The Balaban J connectivity index is 1.73. The van der Waals surface area contributed by atoms with Crippen molar-refractivity contribution >= 4 is 11.8 Å². The van der Waals surface area contributed by atoms with Crippen LogP contribution >= 0.6 is 0 Å². The molecule has 2 unspecified atom stereocenters. The first-order valence-electron chi connectivity index (χ1n) is 14.7. The van der Waals surface area contributed by atoms with Crippen LogP contribution in [0.1, 0.15) is 53.1 Å². The predicted molar refractivity (Wildman–Crippen MR) is 163 cm³/mol. The molecule has 2 aromatic carbocycles. The summed E-state index contributed by atoms with van der Waals surface area (Å²) in [4.78, 5) is 31.1. The van der Waals surface area contributed by atoms with E-state index in [1.807, 2.05) is 16.7 Å². The maximum absolute atomic E-state index is 13.7. The van der Waals surface area contributed by atoms with Crippen molar-refractivity contribution in [1.29, 1.82) is 0 Å². The second kappa shape index (κ2) is 14.7. The Kier molecular flexibility index (Phi) is 11.7. The third-order valence-corrected chi connectivity index (χ3v) is 8.13. The van der Waals surface area contributed by atoms with Crippen LogP contribution in [0.25, 0.3) is 0 Å². The van der Waals surface area contributed by atoms with Crippen molar-refractivity contribution in [1.82, 2.24) is 15.1 Å². The first kappa shape index (κ1) is 31.7. The maximum atomic E-state index is 13.7. The van der Waals surface area contributed by atoms with Gasteiger partial charge in [-0.05, 0) is 89.1 Å². The lowest BCUT2D eigenvalue weighted by Crippen LogP contribution is -2.64. The highest BCUT2D eigenvalue weighted by Crippen LogP contribution is 2.23. The molecule has 0 spiro atoms. The molecule has 0 bridgehead atoms. The van der Waals surface area contributed by atoms with Crippen LogP contribution in [0.5, 0.6) is 0 Å². The molecule has 7 N–H and O–H groups in total. The summed E-state index contributed by atoms with van der Waals surface area (Å²) in [5, 5.41) is 3.33. The summed E-state index contributed by atoms with van der Waals surface area (Å²) in [5.41, 5.74) is 25.5. The van der Waals surface area contributed by atoms with E-state index in [-0.39, 0.29) is 23.9 Å². The van der Waals surface area contributed by atoms with Gasteiger partial charge in [0.15, 0.2) is 0 Å². The Morgan fingerprint density at radius 3 is 1.88 bits per heavy atom. The molecule has 1 heterocycles. The molecule has 40 heavy (non-hydrogen) atoms. The van der Waals surface area contributed by atoms with Gasteiger partial charge in [-0.15, -0.1) is 0 Å². The monoisotopic (exact) mass is 550 g/mol. The minimum atomic E-state index is -0.638. The van der Waals surface area contributed by atoms with Gasteiger partial charge in [0.25, 0.3) is 0 Å². The van der Waals surface area contributed by atoms with Crippen LogP contribution in [-0.4, -0.2) is 78.5 Å². The maximum Gasteiger partial charge on any atom is 0.240 e. The summed E-state index contributed by atoms with van der Waals surface area (Å²) >= 11 is 0. The quantitative estimate of drug-likeness (QED) is 0.300. The van der Waals surface area contributed by atoms with Crippen molar-refractivity contribution in [3.63, 3.8) is 0 Å². The molecule has 0 aromatic heterocycles. The summed E-state index contributed by atoms with van der Waals surface area (Å²) in [7, 11) is 0. The van der Waals surface area contributed by atoms with Gasteiger partial charge < -0.3 is 32.3 Å². The number of rotatable bonds is 12. The van der Waals surface area contributed by atoms with E-state index in [0.29, 0.717) is 32.5 Å². The van der Waals surface area contributed by atoms with E-state index >= 15 is 0 Å². The summed E-state index contributed by atoms with van der Waals surface area (Å²) in [5.74, 6) is -0.121. The second-order valence-corrected chi connectivity index (χ2v) is 11.6.